The van der Waals surface area contributed by atoms with Crippen LogP contribution in [-0.2, 0) is 6.54 Å². The first-order valence-electron chi connectivity index (χ1n) is 7.68. The van der Waals surface area contributed by atoms with E-state index >= 15 is 0 Å². The van der Waals surface area contributed by atoms with Crippen LogP contribution in [0, 0.1) is 0 Å². The Morgan fingerprint density at radius 2 is 2.14 bits per heavy atom. The molecule has 1 unspecified atom stereocenters. The maximum absolute atomic E-state index is 4.09. The number of nitrogens with zero attached hydrogens (tertiary/aromatic N) is 2. The zero-order valence-corrected chi connectivity index (χ0v) is 13.9. The van der Waals surface area contributed by atoms with Crippen molar-refractivity contribution in [1.29, 1.82) is 0 Å². The molecule has 1 N–H and O–H groups in total. The van der Waals surface area contributed by atoms with Crippen LogP contribution in [0.25, 0.3) is 10.9 Å². The summed E-state index contributed by atoms with van der Waals surface area (Å²) in [5.74, 6) is 0.631. The maximum atomic E-state index is 4.09. The average Bonchev–Trinajstić information content (AvgIpc) is 3.16. The number of likely N-dealkylation sites (tertiary alicyclic amines) is 1. The van der Waals surface area contributed by atoms with Crippen LogP contribution in [-0.4, -0.2) is 28.2 Å². The normalized spacial score (nSPS) is 19.0. The monoisotopic (exact) mass is 355 g/mol. The van der Waals surface area contributed by atoms with Gasteiger partial charge >= 0.3 is 0 Å². The molecule has 4 rings (SSSR count). The van der Waals surface area contributed by atoms with E-state index in [2.05, 4.69) is 73.5 Å². The van der Waals surface area contributed by atoms with Gasteiger partial charge in [0.05, 0.1) is 11.7 Å². The van der Waals surface area contributed by atoms with Crippen LogP contribution in [0.5, 0.6) is 0 Å². The third kappa shape index (κ3) is 2.69. The number of hydrogen-bond acceptors (Lipinski definition) is 2. The Balaban J connectivity index is 1.47. The molecular weight excluding hydrogens is 338 g/mol. The third-order valence-corrected chi connectivity index (χ3v) is 5.25. The van der Waals surface area contributed by atoms with Gasteiger partial charge < -0.3 is 0 Å². The maximum Gasteiger partial charge on any atom is 0.0653 e. The van der Waals surface area contributed by atoms with E-state index in [4.69, 9.17) is 0 Å². The molecule has 0 aliphatic carbocycles. The van der Waals surface area contributed by atoms with E-state index in [1.165, 1.54) is 27.4 Å². The fourth-order valence-corrected chi connectivity index (χ4v) is 3.99. The van der Waals surface area contributed by atoms with Crippen molar-refractivity contribution in [2.24, 2.45) is 0 Å². The highest BCUT2D eigenvalue weighted by Gasteiger charge is 2.25. The highest BCUT2D eigenvalue weighted by atomic mass is 79.9. The first kappa shape index (κ1) is 14.0. The molecule has 1 aliphatic heterocycles. The first-order valence-corrected chi connectivity index (χ1v) is 8.48. The number of H-pyrrole nitrogens is 1. The second-order valence-electron chi connectivity index (χ2n) is 6.03. The summed E-state index contributed by atoms with van der Waals surface area (Å²) in [6, 6.07) is 15.2. The van der Waals surface area contributed by atoms with Gasteiger partial charge in [-0.1, -0.05) is 46.3 Å². The highest BCUT2D eigenvalue weighted by Crippen LogP contribution is 2.32. The van der Waals surface area contributed by atoms with E-state index in [9.17, 15) is 0 Å². The molecule has 0 amide bonds. The van der Waals surface area contributed by atoms with Crippen LogP contribution in [0.2, 0.25) is 0 Å². The van der Waals surface area contributed by atoms with Crippen molar-refractivity contribution in [2.45, 2.75) is 18.9 Å². The largest absolute Gasteiger partial charge is 0.298 e. The smallest absolute Gasteiger partial charge is 0.0653 e. The lowest BCUT2D eigenvalue weighted by molar-refractivity contribution is 0.327. The first-order chi connectivity index (χ1) is 10.8. The van der Waals surface area contributed by atoms with Crippen molar-refractivity contribution >= 4 is 26.8 Å². The number of nitrogens with one attached hydrogen (secondary N) is 1. The van der Waals surface area contributed by atoms with Gasteiger partial charge in [-0.15, -0.1) is 0 Å². The summed E-state index contributed by atoms with van der Waals surface area (Å²) in [5.41, 5.74) is 3.91. The summed E-state index contributed by atoms with van der Waals surface area (Å²) >= 11 is 3.69. The fraction of sp³-hybridized carbons (Fsp3) is 0.278. The van der Waals surface area contributed by atoms with Crippen molar-refractivity contribution in [2.75, 3.05) is 13.1 Å². The molecule has 3 nitrogen and oxygen atoms in total. The Kier molecular flexibility index (Phi) is 3.72. The summed E-state index contributed by atoms with van der Waals surface area (Å²) in [6.45, 7) is 3.30. The molecule has 0 spiro atoms. The Hall–Kier alpha value is -1.65. The Morgan fingerprint density at radius 3 is 3.05 bits per heavy atom. The second-order valence-corrected chi connectivity index (χ2v) is 6.89. The van der Waals surface area contributed by atoms with Gasteiger partial charge in [-0.3, -0.25) is 10.00 Å². The number of fused-ring (bicyclic) bond motifs is 1. The molecule has 2 heterocycles. The highest BCUT2D eigenvalue weighted by molar-refractivity contribution is 9.10. The third-order valence-electron chi connectivity index (χ3n) is 4.53. The van der Waals surface area contributed by atoms with Gasteiger partial charge in [-0.05, 0) is 42.1 Å². The van der Waals surface area contributed by atoms with Crippen LogP contribution in [0.4, 0.5) is 0 Å². The van der Waals surface area contributed by atoms with Crippen molar-refractivity contribution in [3.63, 3.8) is 0 Å². The molecule has 1 atom stereocenters. The number of aromatic nitrogens is 2. The quantitative estimate of drug-likeness (QED) is 0.758. The van der Waals surface area contributed by atoms with E-state index in [1.807, 2.05) is 6.20 Å². The summed E-state index contributed by atoms with van der Waals surface area (Å²) in [4.78, 5) is 2.54. The molecule has 2 aromatic carbocycles. The van der Waals surface area contributed by atoms with E-state index in [-0.39, 0.29) is 0 Å². The summed E-state index contributed by atoms with van der Waals surface area (Å²) < 4.78 is 1.24. The van der Waals surface area contributed by atoms with Crippen LogP contribution in [0.3, 0.4) is 0 Å². The van der Waals surface area contributed by atoms with Gasteiger partial charge in [0, 0.05) is 22.9 Å². The molecule has 4 heteroatoms. The molecule has 22 heavy (non-hydrogen) atoms. The number of benzene rings is 2. The lowest BCUT2D eigenvalue weighted by Crippen LogP contribution is -2.19. The standard InChI is InChI=1S/C18H18BrN3/c19-17-4-2-1-3-16(17)15-7-8-22(12-15)11-13-5-6-14-10-20-21-18(14)9-13/h1-6,9-10,15H,7-8,11-12H2,(H,20,21). The zero-order chi connectivity index (χ0) is 14.9. The van der Waals surface area contributed by atoms with Crippen LogP contribution < -0.4 is 0 Å². The predicted molar refractivity (Wildman–Crippen MR) is 92.9 cm³/mol. The second kappa shape index (κ2) is 5.86. The van der Waals surface area contributed by atoms with Crippen molar-refractivity contribution in [3.8, 4) is 0 Å². The molecule has 0 radical (unpaired) electrons. The van der Waals surface area contributed by atoms with Gasteiger partial charge in [0.25, 0.3) is 0 Å². The molecule has 0 bridgehead atoms. The minimum Gasteiger partial charge on any atom is -0.298 e. The minimum absolute atomic E-state index is 0.631. The topological polar surface area (TPSA) is 31.9 Å². The summed E-state index contributed by atoms with van der Waals surface area (Å²) in [5, 5.41) is 8.32. The van der Waals surface area contributed by atoms with Crippen LogP contribution >= 0.6 is 15.9 Å². The van der Waals surface area contributed by atoms with Gasteiger partial charge in [-0.2, -0.15) is 5.10 Å². The van der Waals surface area contributed by atoms with Crippen molar-refractivity contribution in [1.82, 2.24) is 15.1 Å². The lowest BCUT2D eigenvalue weighted by Gasteiger charge is -2.17. The van der Waals surface area contributed by atoms with E-state index in [1.54, 1.807) is 0 Å². The zero-order valence-electron chi connectivity index (χ0n) is 12.3. The summed E-state index contributed by atoms with van der Waals surface area (Å²) in [6.07, 6.45) is 3.10. The summed E-state index contributed by atoms with van der Waals surface area (Å²) in [7, 11) is 0. The fourth-order valence-electron chi connectivity index (χ4n) is 3.38. The molecule has 112 valence electrons. The molecule has 1 saturated heterocycles. The molecule has 1 aromatic heterocycles. The van der Waals surface area contributed by atoms with E-state index in [0.717, 1.165) is 25.2 Å². The number of aromatic amines is 1. The molecule has 0 saturated carbocycles. The molecular formula is C18H18BrN3. The predicted octanol–water partition coefficient (Wildman–Crippen LogP) is 4.31. The van der Waals surface area contributed by atoms with Gasteiger partial charge in [0.1, 0.15) is 0 Å². The molecule has 3 aromatic rings. The molecule has 1 fully saturated rings. The SMILES string of the molecule is Brc1ccccc1C1CCN(Cc2ccc3cn[nH]c3c2)C1. The Bertz CT molecular complexity index is 796. The lowest BCUT2D eigenvalue weighted by atomic mass is 9.99. The number of hydrogen-bond donors (Lipinski definition) is 1. The van der Waals surface area contributed by atoms with Crippen molar-refractivity contribution < 1.29 is 0 Å². The minimum atomic E-state index is 0.631. The van der Waals surface area contributed by atoms with Crippen molar-refractivity contribution in [3.05, 3.63) is 64.3 Å². The Morgan fingerprint density at radius 1 is 1.23 bits per heavy atom. The van der Waals surface area contributed by atoms with Gasteiger partial charge in [0.2, 0.25) is 0 Å². The number of rotatable bonds is 3. The van der Waals surface area contributed by atoms with Crippen LogP contribution in [0.15, 0.2) is 53.1 Å². The van der Waals surface area contributed by atoms with E-state index < -0.39 is 0 Å². The van der Waals surface area contributed by atoms with Gasteiger partial charge in [-0.25, -0.2) is 0 Å². The average molecular weight is 356 g/mol. The van der Waals surface area contributed by atoms with Crippen LogP contribution in [0.1, 0.15) is 23.5 Å². The van der Waals surface area contributed by atoms with E-state index in [0.29, 0.717) is 5.92 Å². The van der Waals surface area contributed by atoms with Gasteiger partial charge in [0.15, 0.2) is 0 Å². The Labute approximate surface area is 138 Å². The molecule has 1 aliphatic rings. The number of halogens is 1.